The van der Waals surface area contributed by atoms with Crippen molar-refractivity contribution >= 4 is 11.9 Å². The molecule has 146 valence electrons. The van der Waals surface area contributed by atoms with Gasteiger partial charge in [0, 0.05) is 0 Å². The second-order valence-electron chi connectivity index (χ2n) is 6.55. The number of ether oxygens (including phenoxy) is 2. The van der Waals surface area contributed by atoms with Crippen LogP contribution < -0.4 is 0 Å². The molecule has 0 radical (unpaired) electrons. The molecule has 0 saturated carbocycles. The van der Waals surface area contributed by atoms with Crippen molar-refractivity contribution in [1.29, 1.82) is 0 Å². The number of rotatable bonds is 9. The minimum atomic E-state index is -0.319. The van der Waals surface area contributed by atoms with Gasteiger partial charge in [-0.3, -0.25) is 0 Å². The third kappa shape index (κ3) is 7.62. The Bertz CT molecular complexity index is 820. The van der Waals surface area contributed by atoms with E-state index in [9.17, 15) is 9.59 Å². The number of allylic oxidation sites excluding steroid dienone is 2. The Morgan fingerprint density at radius 2 is 1.29 bits per heavy atom. The number of benzene rings is 2. The number of hydrogen-bond acceptors (Lipinski definition) is 4. The smallest absolute Gasteiger partial charge is 0.338 e. The Balaban J connectivity index is 1.67. The standard InChI is InChI=1S/C24H26O4/c1-19(16-17-27-23(25)21-12-5-3-6-13-21)10-9-11-20(2)18-28-24(26)22-14-7-4-8-15-22/h3-8,11-16H,9-10,17-18H2,1-2H3/b19-16+,20-11+. The van der Waals surface area contributed by atoms with E-state index in [1.54, 1.807) is 24.3 Å². The highest BCUT2D eigenvalue weighted by molar-refractivity contribution is 5.89. The lowest BCUT2D eigenvalue weighted by molar-refractivity contribution is 0.0534. The van der Waals surface area contributed by atoms with E-state index < -0.39 is 0 Å². The first-order chi connectivity index (χ1) is 13.6. The van der Waals surface area contributed by atoms with Crippen LogP contribution in [0.2, 0.25) is 0 Å². The molecule has 0 aliphatic heterocycles. The third-order valence-electron chi connectivity index (χ3n) is 4.13. The van der Waals surface area contributed by atoms with Crippen molar-refractivity contribution in [2.75, 3.05) is 13.2 Å². The van der Waals surface area contributed by atoms with Crippen molar-refractivity contribution in [3.63, 3.8) is 0 Å². The molecule has 0 aromatic heterocycles. The Morgan fingerprint density at radius 3 is 1.86 bits per heavy atom. The molecule has 0 fully saturated rings. The molecular formula is C24H26O4. The number of carbonyl (C=O) groups excluding carboxylic acids is 2. The van der Waals surface area contributed by atoms with Crippen LogP contribution in [0.5, 0.6) is 0 Å². The molecule has 0 unspecified atom stereocenters. The predicted octanol–water partition coefficient (Wildman–Crippen LogP) is 5.37. The maximum Gasteiger partial charge on any atom is 0.338 e. The molecule has 0 N–H and O–H groups in total. The van der Waals surface area contributed by atoms with Gasteiger partial charge in [-0.15, -0.1) is 0 Å². The summed E-state index contributed by atoms with van der Waals surface area (Å²) in [5, 5.41) is 0. The van der Waals surface area contributed by atoms with Gasteiger partial charge in [0.05, 0.1) is 11.1 Å². The Labute approximate surface area is 166 Å². The van der Waals surface area contributed by atoms with E-state index in [2.05, 4.69) is 6.08 Å². The van der Waals surface area contributed by atoms with Gasteiger partial charge in [-0.2, -0.15) is 0 Å². The summed E-state index contributed by atoms with van der Waals surface area (Å²) in [5.74, 6) is -0.634. The van der Waals surface area contributed by atoms with Crippen LogP contribution in [-0.2, 0) is 9.47 Å². The van der Waals surface area contributed by atoms with Crippen molar-refractivity contribution in [2.45, 2.75) is 26.7 Å². The van der Waals surface area contributed by atoms with Gasteiger partial charge in [-0.25, -0.2) is 9.59 Å². The van der Waals surface area contributed by atoms with Gasteiger partial charge in [0.1, 0.15) is 13.2 Å². The molecule has 2 rings (SSSR count). The first-order valence-electron chi connectivity index (χ1n) is 9.32. The zero-order chi connectivity index (χ0) is 20.2. The molecular weight excluding hydrogens is 352 g/mol. The molecule has 0 aliphatic carbocycles. The zero-order valence-electron chi connectivity index (χ0n) is 16.4. The summed E-state index contributed by atoms with van der Waals surface area (Å²) >= 11 is 0. The van der Waals surface area contributed by atoms with Gasteiger partial charge in [0.25, 0.3) is 0 Å². The predicted molar refractivity (Wildman–Crippen MR) is 110 cm³/mol. The second-order valence-corrected chi connectivity index (χ2v) is 6.55. The first kappa shape index (κ1) is 21.2. The summed E-state index contributed by atoms with van der Waals surface area (Å²) in [6, 6.07) is 17.9. The van der Waals surface area contributed by atoms with E-state index in [0.29, 0.717) is 11.1 Å². The van der Waals surface area contributed by atoms with Crippen LogP contribution in [0.3, 0.4) is 0 Å². The summed E-state index contributed by atoms with van der Waals surface area (Å²) in [7, 11) is 0. The molecule has 0 bridgehead atoms. The minimum Gasteiger partial charge on any atom is -0.458 e. The van der Waals surface area contributed by atoms with E-state index in [4.69, 9.17) is 9.47 Å². The summed E-state index contributed by atoms with van der Waals surface area (Å²) < 4.78 is 10.5. The largest absolute Gasteiger partial charge is 0.458 e. The molecule has 0 spiro atoms. The highest BCUT2D eigenvalue weighted by Gasteiger charge is 2.06. The lowest BCUT2D eigenvalue weighted by atomic mass is 10.1. The maximum absolute atomic E-state index is 11.9. The number of hydrogen-bond donors (Lipinski definition) is 0. The second kappa shape index (κ2) is 11.5. The van der Waals surface area contributed by atoms with Gasteiger partial charge >= 0.3 is 11.9 Å². The molecule has 0 aliphatic rings. The van der Waals surface area contributed by atoms with Crippen LogP contribution >= 0.6 is 0 Å². The Hall–Kier alpha value is -3.14. The number of carbonyl (C=O) groups is 2. The van der Waals surface area contributed by atoms with E-state index in [1.807, 2.05) is 56.3 Å². The average Bonchev–Trinajstić information content (AvgIpc) is 2.73. The molecule has 0 amide bonds. The van der Waals surface area contributed by atoms with Gasteiger partial charge in [-0.05, 0) is 62.6 Å². The van der Waals surface area contributed by atoms with Gasteiger partial charge in [0.2, 0.25) is 0 Å². The molecule has 0 heterocycles. The van der Waals surface area contributed by atoms with Crippen molar-refractivity contribution in [1.82, 2.24) is 0 Å². The average molecular weight is 378 g/mol. The summed E-state index contributed by atoms with van der Waals surface area (Å²) in [4.78, 5) is 23.8. The molecule has 4 nitrogen and oxygen atoms in total. The quantitative estimate of drug-likeness (QED) is 0.435. The van der Waals surface area contributed by atoms with Crippen molar-refractivity contribution in [3.05, 3.63) is 95.1 Å². The highest BCUT2D eigenvalue weighted by Crippen LogP contribution is 2.09. The highest BCUT2D eigenvalue weighted by atomic mass is 16.5. The molecule has 4 heteroatoms. The minimum absolute atomic E-state index is 0.261. The van der Waals surface area contributed by atoms with Gasteiger partial charge < -0.3 is 9.47 Å². The molecule has 0 saturated heterocycles. The van der Waals surface area contributed by atoms with E-state index in [-0.39, 0.29) is 25.2 Å². The van der Waals surface area contributed by atoms with Crippen LogP contribution in [0, 0.1) is 0 Å². The van der Waals surface area contributed by atoms with Gasteiger partial charge in [0.15, 0.2) is 0 Å². The summed E-state index contributed by atoms with van der Waals surface area (Å²) in [5.41, 5.74) is 3.26. The fourth-order valence-electron chi connectivity index (χ4n) is 2.46. The lowest BCUT2D eigenvalue weighted by Crippen LogP contribution is -2.06. The van der Waals surface area contributed by atoms with Crippen LogP contribution in [0.4, 0.5) is 0 Å². The number of esters is 2. The van der Waals surface area contributed by atoms with Crippen LogP contribution in [-0.4, -0.2) is 25.2 Å². The third-order valence-corrected chi connectivity index (χ3v) is 4.13. The van der Waals surface area contributed by atoms with Crippen LogP contribution in [0.15, 0.2) is 84.0 Å². The SMILES string of the molecule is C/C(=C\COC(=O)c1ccccc1)CC/C=C(\C)COC(=O)c1ccccc1. The van der Waals surface area contributed by atoms with E-state index in [0.717, 1.165) is 24.0 Å². The lowest BCUT2D eigenvalue weighted by Gasteiger charge is -2.06. The summed E-state index contributed by atoms with van der Waals surface area (Å²) in [6.07, 6.45) is 5.67. The van der Waals surface area contributed by atoms with E-state index in [1.165, 1.54) is 0 Å². The Morgan fingerprint density at radius 1 is 0.750 bits per heavy atom. The first-order valence-corrected chi connectivity index (χ1v) is 9.32. The zero-order valence-corrected chi connectivity index (χ0v) is 16.4. The molecule has 28 heavy (non-hydrogen) atoms. The topological polar surface area (TPSA) is 52.6 Å². The fourth-order valence-corrected chi connectivity index (χ4v) is 2.46. The van der Waals surface area contributed by atoms with Crippen molar-refractivity contribution in [3.8, 4) is 0 Å². The summed E-state index contributed by atoms with van der Waals surface area (Å²) in [6.45, 7) is 4.50. The monoisotopic (exact) mass is 378 g/mol. The molecule has 0 atom stereocenters. The van der Waals surface area contributed by atoms with Crippen molar-refractivity contribution < 1.29 is 19.1 Å². The normalized spacial score (nSPS) is 11.8. The fraction of sp³-hybridized carbons (Fsp3) is 0.250. The maximum atomic E-state index is 11.9. The van der Waals surface area contributed by atoms with Crippen LogP contribution in [0.1, 0.15) is 47.4 Å². The molecule has 2 aromatic rings. The van der Waals surface area contributed by atoms with Crippen LogP contribution in [0.25, 0.3) is 0 Å². The van der Waals surface area contributed by atoms with Gasteiger partial charge in [-0.1, -0.05) is 48.0 Å². The van der Waals surface area contributed by atoms with Crippen molar-refractivity contribution in [2.24, 2.45) is 0 Å². The Kier molecular flexibility index (Phi) is 8.73. The van der Waals surface area contributed by atoms with E-state index >= 15 is 0 Å². The molecule has 2 aromatic carbocycles.